The Morgan fingerprint density at radius 3 is 2.31 bits per heavy atom. The first-order chi connectivity index (χ1) is 12.6. The summed E-state index contributed by atoms with van der Waals surface area (Å²) >= 11 is 1.51. The Morgan fingerprint density at radius 2 is 1.73 bits per heavy atom. The Morgan fingerprint density at radius 1 is 1.08 bits per heavy atom. The van der Waals surface area contributed by atoms with Gasteiger partial charge in [-0.25, -0.2) is 0 Å². The highest BCUT2D eigenvalue weighted by Gasteiger charge is 2.28. The summed E-state index contributed by atoms with van der Waals surface area (Å²) in [5, 5.41) is 0.858. The lowest BCUT2D eigenvalue weighted by Gasteiger charge is -2.34. The largest absolute Gasteiger partial charge is 0.372 e. The number of likely N-dealkylation sites (N-methyl/N-ethyl adjacent to an activating group) is 1. The predicted molar refractivity (Wildman–Crippen MR) is 112 cm³/mol. The van der Waals surface area contributed by atoms with Crippen molar-refractivity contribution in [2.24, 2.45) is 4.99 Å². The molecule has 26 heavy (non-hydrogen) atoms. The first-order valence-electron chi connectivity index (χ1n) is 9.49. The smallest absolute Gasteiger partial charge is 0.286 e. The van der Waals surface area contributed by atoms with Gasteiger partial charge in [-0.3, -0.25) is 4.79 Å². The number of aliphatic imine (C=N–C) groups is 1. The zero-order valence-electron chi connectivity index (χ0n) is 15.9. The van der Waals surface area contributed by atoms with Gasteiger partial charge in [-0.1, -0.05) is 19.1 Å². The van der Waals surface area contributed by atoms with Crippen LogP contribution in [-0.4, -0.2) is 66.7 Å². The molecule has 140 valence electrons. The number of thioether (sulfide) groups is 1. The van der Waals surface area contributed by atoms with Crippen LogP contribution in [0.15, 0.2) is 34.2 Å². The number of amides is 1. The van der Waals surface area contributed by atoms with Crippen LogP contribution >= 0.6 is 11.8 Å². The van der Waals surface area contributed by atoms with Gasteiger partial charge in [0.1, 0.15) is 0 Å². The maximum absolute atomic E-state index is 12.3. The fourth-order valence-electron chi connectivity index (χ4n) is 3.31. The Kier molecular flexibility index (Phi) is 6.38. The van der Waals surface area contributed by atoms with Crippen molar-refractivity contribution in [3.63, 3.8) is 0 Å². The lowest BCUT2D eigenvalue weighted by atomic mass is 10.2. The highest BCUT2D eigenvalue weighted by molar-refractivity contribution is 8.18. The molecule has 0 unspecified atom stereocenters. The molecule has 6 heteroatoms. The van der Waals surface area contributed by atoms with Crippen LogP contribution in [0.25, 0.3) is 6.08 Å². The van der Waals surface area contributed by atoms with E-state index in [1.54, 1.807) is 0 Å². The summed E-state index contributed by atoms with van der Waals surface area (Å²) in [5.74, 6) is -0.115. The minimum atomic E-state index is -0.115. The molecule has 0 radical (unpaired) electrons. The van der Waals surface area contributed by atoms with Gasteiger partial charge in [0.15, 0.2) is 5.17 Å². The standard InChI is InChI=1S/C20H28N4OS/c1-4-22-11-13-24(14-12-22)20-21-19(25)18(26-20)15-16-7-9-17(10-8-16)23(5-2)6-3/h7-10,15H,4-6,11-14H2,1-3H3/b18-15-. The molecule has 1 aromatic carbocycles. The molecule has 1 aromatic rings. The van der Waals surface area contributed by atoms with Crippen molar-refractivity contribution in [1.29, 1.82) is 0 Å². The van der Waals surface area contributed by atoms with Crippen molar-refractivity contribution >= 4 is 34.6 Å². The van der Waals surface area contributed by atoms with Gasteiger partial charge in [0, 0.05) is 45.0 Å². The summed E-state index contributed by atoms with van der Waals surface area (Å²) in [5.41, 5.74) is 2.26. The lowest BCUT2D eigenvalue weighted by molar-refractivity contribution is -0.113. The molecule has 2 aliphatic rings. The van der Waals surface area contributed by atoms with Crippen molar-refractivity contribution in [3.05, 3.63) is 34.7 Å². The van der Waals surface area contributed by atoms with Gasteiger partial charge >= 0.3 is 0 Å². The average molecular weight is 373 g/mol. The number of hydrogen-bond acceptors (Lipinski definition) is 5. The quantitative estimate of drug-likeness (QED) is 0.743. The molecule has 2 heterocycles. The summed E-state index contributed by atoms with van der Waals surface area (Å²) in [7, 11) is 0. The number of hydrogen-bond donors (Lipinski definition) is 0. The Labute approximate surface area is 160 Å². The van der Waals surface area contributed by atoms with E-state index in [1.807, 2.05) is 6.08 Å². The highest BCUT2D eigenvalue weighted by Crippen LogP contribution is 2.31. The minimum absolute atomic E-state index is 0.115. The van der Waals surface area contributed by atoms with Crippen molar-refractivity contribution in [1.82, 2.24) is 9.80 Å². The van der Waals surface area contributed by atoms with E-state index in [4.69, 9.17) is 0 Å². The fourth-order valence-corrected chi connectivity index (χ4v) is 4.28. The maximum atomic E-state index is 12.3. The van der Waals surface area contributed by atoms with Crippen LogP contribution in [0.2, 0.25) is 0 Å². The molecule has 3 rings (SSSR count). The van der Waals surface area contributed by atoms with Gasteiger partial charge in [0.05, 0.1) is 4.91 Å². The second kappa shape index (κ2) is 8.73. The van der Waals surface area contributed by atoms with Crippen molar-refractivity contribution in [3.8, 4) is 0 Å². The van der Waals surface area contributed by atoms with Gasteiger partial charge in [0.2, 0.25) is 0 Å². The first-order valence-corrected chi connectivity index (χ1v) is 10.3. The summed E-state index contributed by atoms with van der Waals surface area (Å²) in [4.78, 5) is 24.3. The molecule has 0 bridgehead atoms. The van der Waals surface area contributed by atoms with Crippen molar-refractivity contribution < 1.29 is 4.79 Å². The van der Waals surface area contributed by atoms with E-state index < -0.39 is 0 Å². The number of carbonyl (C=O) groups is 1. The van der Waals surface area contributed by atoms with E-state index in [1.165, 1.54) is 17.4 Å². The van der Waals surface area contributed by atoms with E-state index in [0.29, 0.717) is 4.91 Å². The molecule has 0 aliphatic carbocycles. The highest BCUT2D eigenvalue weighted by atomic mass is 32.2. The predicted octanol–water partition coefficient (Wildman–Crippen LogP) is 3.14. The van der Waals surface area contributed by atoms with Crippen molar-refractivity contribution in [2.45, 2.75) is 20.8 Å². The van der Waals surface area contributed by atoms with E-state index in [-0.39, 0.29) is 5.91 Å². The van der Waals surface area contributed by atoms with Gasteiger partial charge < -0.3 is 14.7 Å². The molecule has 5 nitrogen and oxygen atoms in total. The zero-order valence-corrected chi connectivity index (χ0v) is 16.8. The van der Waals surface area contributed by atoms with Crippen molar-refractivity contribution in [2.75, 3.05) is 50.7 Å². The van der Waals surface area contributed by atoms with E-state index in [9.17, 15) is 4.79 Å². The molecule has 1 amide bonds. The van der Waals surface area contributed by atoms with E-state index in [0.717, 1.165) is 56.5 Å². The zero-order chi connectivity index (χ0) is 18.5. The second-order valence-corrected chi connectivity index (χ2v) is 7.50. The summed E-state index contributed by atoms with van der Waals surface area (Å²) < 4.78 is 0. The van der Waals surface area contributed by atoms with Crippen LogP contribution in [0, 0.1) is 0 Å². The van der Waals surface area contributed by atoms with Gasteiger partial charge in [-0.05, 0) is 55.9 Å². The number of nitrogens with zero attached hydrogens (tertiary/aromatic N) is 4. The maximum Gasteiger partial charge on any atom is 0.286 e. The number of amidine groups is 1. The summed E-state index contributed by atoms with van der Waals surface area (Å²) in [6.45, 7) is 13.5. The molecule has 0 atom stereocenters. The monoisotopic (exact) mass is 372 g/mol. The van der Waals surface area contributed by atoms with E-state index in [2.05, 4.69) is 64.7 Å². The molecule has 0 N–H and O–H groups in total. The number of anilines is 1. The number of benzene rings is 1. The fraction of sp³-hybridized carbons (Fsp3) is 0.500. The number of rotatable bonds is 5. The molecule has 1 saturated heterocycles. The van der Waals surface area contributed by atoms with Crippen LogP contribution in [0.3, 0.4) is 0 Å². The Bertz CT molecular complexity index is 686. The van der Waals surface area contributed by atoms with Crippen LogP contribution in [0.1, 0.15) is 26.3 Å². The number of carbonyl (C=O) groups excluding carboxylic acids is 1. The summed E-state index contributed by atoms with van der Waals surface area (Å²) in [6, 6.07) is 8.39. The van der Waals surface area contributed by atoms with E-state index >= 15 is 0 Å². The number of piperazine rings is 1. The minimum Gasteiger partial charge on any atom is -0.372 e. The van der Waals surface area contributed by atoms with Crippen LogP contribution in [-0.2, 0) is 4.79 Å². The van der Waals surface area contributed by atoms with Gasteiger partial charge in [-0.2, -0.15) is 4.99 Å². The van der Waals surface area contributed by atoms with Crippen LogP contribution in [0.4, 0.5) is 5.69 Å². The third-order valence-electron chi connectivity index (χ3n) is 5.02. The SMILES string of the molecule is CCN1CCN(C2=NC(=O)/C(=C/c3ccc(N(CC)CC)cc3)S2)CC1. The third kappa shape index (κ3) is 4.30. The first kappa shape index (κ1) is 19.0. The van der Waals surface area contributed by atoms with Crippen LogP contribution < -0.4 is 4.90 Å². The Hall–Kier alpha value is -1.79. The molecule has 2 aliphatic heterocycles. The molecule has 0 spiro atoms. The molecule has 0 aromatic heterocycles. The second-order valence-electron chi connectivity index (χ2n) is 6.50. The van der Waals surface area contributed by atoms with Crippen LogP contribution in [0.5, 0.6) is 0 Å². The third-order valence-corrected chi connectivity index (χ3v) is 6.06. The topological polar surface area (TPSA) is 39.1 Å². The molecule has 1 fully saturated rings. The normalized spacial score (nSPS) is 20.0. The Balaban J connectivity index is 1.65. The molecule has 0 saturated carbocycles. The summed E-state index contributed by atoms with van der Waals surface area (Å²) in [6.07, 6.45) is 1.96. The van der Waals surface area contributed by atoms with Gasteiger partial charge in [-0.15, -0.1) is 0 Å². The van der Waals surface area contributed by atoms with Gasteiger partial charge in [0.25, 0.3) is 5.91 Å². The average Bonchev–Trinajstić information content (AvgIpc) is 3.04. The lowest BCUT2D eigenvalue weighted by Crippen LogP contribution is -2.47. The molecular formula is C20H28N4OS. The molecular weight excluding hydrogens is 344 g/mol.